The SMILES string of the molecule is COC(=O)CSc1c(-c2ccccc2)c2ccccc2[nH]c1=O. The summed E-state index contributed by atoms with van der Waals surface area (Å²) in [6.07, 6.45) is 0. The molecule has 0 atom stereocenters. The second-order valence-corrected chi connectivity index (χ2v) is 5.92. The lowest BCUT2D eigenvalue weighted by Crippen LogP contribution is -2.13. The van der Waals surface area contributed by atoms with Gasteiger partial charge in [0.25, 0.3) is 5.56 Å². The van der Waals surface area contributed by atoms with Crippen LogP contribution in [0.2, 0.25) is 0 Å². The van der Waals surface area contributed by atoms with Gasteiger partial charge in [-0.2, -0.15) is 0 Å². The topological polar surface area (TPSA) is 59.2 Å². The van der Waals surface area contributed by atoms with Gasteiger partial charge in [-0.25, -0.2) is 0 Å². The Balaban J connectivity index is 2.23. The third-order valence-corrected chi connectivity index (χ3v) is 4.56. The molecule has 4 nitrogen and oxygen atoms in total. The van der Waals surface area contributed by atoms with E-state index in [0.717, 1.165) is 22.0 Å². The molecule has 1 aromatic heterocycles. The minimum absolute atomic E-state index is 0.0950. The average Bonchev–Trinajstić information content (AvgIpc) is 2.59. The predicted molar refractivity (Wildman–Crippen MR) is 92.7 cm³/mol. The fraction of sp³-hybridized carbons (Fsp3) is 0.111. The first-order chi connectivity index (χ1) is 11.2. The van der Waals surface area contributed by atoms with Crippen LogP contribution in [0.25, 0.3) is 22.0 Å². The first kappa shape index (κ1) is 15.4. The maximum absolute atomic E-state index is 12.5. The Kier molecular flexibility index (Phi) is 4.48. The van der Waals surface area contributed by atoms with Crippen LogP contribution in [-0.2, 0) is 9.53 Å². The molecule has 2 aromatic carbocycles. The van der Waals surface area contributed by atoms with Crippen LogP contribution in [0.3, 0.4) is 0 Å². The Bertz CT molecular complexity index is 903. The number of fused-ring (bicyclic) bond motifs is 1. The lowest BCUT2D eigenvalue weighted by atomic mass is 10.0. The van der Waals surface area contributed by atoms with E-state index in [2.05, 4.69) is 9.72 Å². The number of hydrogen-bond donors (Lipinski definition) is 1. The highest BCUT2D eigenvalue weighted by Crippen LogP contribution is 2.34. The molecule has 1 N–H and O–H groups in total. The number of aromatic amines is 1. The Morgan fingerprint density at radius 3 is 2.52 bits per heavy atom. The molecule has 0 aliphatic rings. The van der Waals surface area contributed by atoms with Crippen molar-refractivity contribution in [2.45, 2.75) is 4.90 Å². The van der Waals surface area contributed by atoms with Crippen molar-refractivity contribution in [3.05, 3.63) is 65.0 Å². The second kappa shape index (κ2) is 6.71. The largest absolute Gasteiger partial charge is 0.468 e. The summed E-state index contributed by atoms with van der Waals surface area (Å²) in [7, 11) is 1.34. The number of carbonyl (C=O) groups excluding carboxylic acids is 1. The van der Waals surface area contributed by atoms with E-state index in [9.17, 15) is 9.59 Å². The Morgan fingerprint density at radius 2 is 1.78 bits per heavy atom. The number of benzene rings is 2. The minimum atomic E-state index is -0.360. The lowest BCUT2D eigenvalue weighted by Gasteiger charge is -2.12. The van der Waals surface area contributed by atoms with E-state index in [1.54, 1.807) is 0 Å². The summed E-state index contributed by atoms with van der Waals surface area (Å²) >= 11 is 1.20. The molecular weight excluding hydrogens is 310 g/mol. The van der Waals surface area contributed by atoms with Crippen molar-refractivity contribution in [1.82, 2.24) is 4.98 Å². The van der Waals surface area contributed by atoms with Crippen LogP contribution in [-0.4, -0.2) is 23.8 Å². The van der Waals surface area contributed by atoms with Crippen LogP contribution in [0.4, 0.5) is 0 Å². The van der Waals surface area contributed by atoms with Gasteiger partial charge in [-0.15, -0.1) is 11.8 Å². The number of carbonyl (C=O) groups is 1. The smallest absolute Gasteiger partial charge is 0.315 e. The average molecular weight is 325 g/mol. The number of hydrogen-bond acceptors (Lipinski definition) is 4. The van der Waals surface area contributed by atoms with Crippen molar-refractivity contribution in [2.75, 3.05) is 12.9 Å². The fourth-order valence-electron chi connectivity index (χ4n) is 2.44. The van der Waals surface area contributed by atoms with E-state index in [4.69, 9.17) is 0 Å². The number of pyridine rings is 1. The number of para-hydroxylation sites is 1. The van der Waals surface area contributed by atoms with Gasteiger partial charge < -0.3 is 9.72 Å². The summed E-state index contributed by atoms with van der Waals surface area (Å²) in [6.45, 7) is 0. The molecule has 0 spiro atoms. The molecule has 5 heteroatoms. The number of thioether (sulfide) groups is 1. The van der Waals surface area contributed by atoms with Gasteiger partial charge in [-0.05, 0) is 11.6 Å². The molecule has 0 radical (unpaired) electrons. The number of nitrogens with one attached hydrogen (secondary N) is 1. The number of aromatic nitrogens is 1. The molecule has 0 aliphatic carbocycles. The fourth-order valence-corrected chi connectivity index (χ4v) is 3.38. The highest BCUT2D eigenvalue weighted by atomic mass is 32.2. The van der Waals surface area contributed by atoms with Crippen LogP contribution < -0.4 is 5.56 Å². The highest BCUT2D eigenvalue weighted by Gasteiger charge is 2.16. The molecule has 0 unspecified atom stereocenters. The zero-order valence-corrected chi connectivity index (χ0v) is 13.4. The van der Waals surface area contributed by atoms with Gasteiger partial charge in [-0.3, -0.25) is 9.59 Å². The maximum Gasteiger partial charge on any atom is 0.315 e. The standard InChI is InChI=1S/C18H15NO3S/c1-22-15(20)11-23-17-16(12-7-3-2-4-8-12)13-9-5-6-10-14(13)19-18(17)21/h2-10H,11H2,1H3,(H,19,21). The van der Waals surface area contributed by atoms with Gasteiger partial charge in [0.1, 0.15) is 0 Å². The number of rotatable bonds is 4. The quantitative estimate of drug-likeness (QED) is 0.589. The minimum Gasteiger partial charge on any atom is -0.468 e. The summed E-state index contributed by atoms with van der Waals surface area (Å²) < 4.78 is 4.67. The van der Waals surface area contributed by atoms with Crippen LogP contribution in [0.1, 0.15) is 0 Å². The zero-order valence-electron chi connectivity index (χ0n) is 12.5. The predicted octanol–water partition coefficient (Wildman–Crippen LogP) is 3.46. The van der Waals surface area contributed by atoms with E-state index in [-0.39, 0.29) is 17.3 Å². The van der Waals surface area contributed by atoms with Crippen molar-refractivity contribution in [2.24, 2.45) is 0 Å². The van der Waals surface area contributed by atoms with E-state index in [1.807, 2.05) is 54.6 Å². The molecule has 0 saturated heterocycles. The summed E-state index contributed by atoms with van der Waals surface area (Å²) in [5.41, 5.74) is 2.37. The molecule has 0 bridgehead atoms. The Labute approximate surface area is 137 Å². The van der Waals surface area contributed by atoms with Crippen molar-refractivity contribution in [3.63, 3.8) is 0 Å². The molecule has 3 rings (SSSR count). The van der Waals surface area contributed by atoms with Crippen molar-refractivity contribution in [1.29, 1.82) is 0 Å². The van der Waals surface area contributed by atoms with Crippen LogP contribution in [0.15, 0.2) is 64.3 Å². The lowest BCUT2D eigenvalue weighted by molar-refractivity contribution is -0.137. The van der Waals surface area contributed by atoms with Gasteiger partial charge >= 0.3 is 5.97 Å². The Morgan fingerprint density at radius 1 is 1.09 bits per heavy atom. The third-order valence-electron chi connectivity index (χ3n) is 3.50. The van der Waals surface area contributed by atoms with Gasteiger partial charge in [0.15, 0.2) is 0 Å². The van der Waals surface area contributed by atoms with E-state index in [1.165, 1.54) is 18.9 Å². The molecule has 116 valence electrons. The molecule has 0 saturated carbocycles. The molecule has 0 amide bonds. The van der Waals surface area contributed by atoms with Gasteiger partial charge in [-0.1, -0.05) is 48.5 Å². The molecular formula is C18H15NO3S. The molecule has 3 aromatic rings. The van der Waals surface area contributed by atoms with Gasteiger partial charge in [0.05, 0.1) is 17.8 Å². The van der Waals surface area contributed by atoms with E-state index < -0.39 is 0 Å². The van der Waals surface area contributed by atoms with Gasteiger partial charge in [0, 0.05) is 16.5 Å². The number of esters is 1. The summed E-state index contributed by atoms with van der Waals surface area (Å²) in [4.78, 5) is 27.4. The van der Waals surface area contributed by atoms with Crippen molar-refractivity contribution >= 4 is 28.6 Å². The molecule has 0 fully saturated rings. The van der Waals surface area contributed by atoms with Crippen LogP contribution >= 0.6 is 11.8 Å². The number of methoxy groups -OCH3 is 1. The van der Waals surface area contributed by atoms with Crippen LogP contribution in [0.5, 0.6) is 0 Å². The first-order valence-electron chi connectivity index (χ1n) is 7.11. The maximum atomic E-state index is 12.5. The molecule has 1 heterocycles. The Hall–Kier alpha value is -2.53. The molecule has 23 heavy (non-hydrogen) atoms. The summed E-state index contributed by atoms with van der Waals surface area (Å²) in [5, 5.41) is 0.950. The number of H-pyrrole nitrogens is 1. The summed E-state index contributed by atoms with van der Waals surface area (Å²) in [5.74, 6) is -0.265. The second-order valence-electron chi connectivity index (χ2n) is 4.93. The van der Waals surface area contributed by atoms with E-state index in [0.29, 0.717) is 4.90 Å². The van der Waals surface area contributed by atoms with E-state index >= 15 is 0 Å². The molecule has 0 aliphatic heterocycles. The van der Waals surface area contributed by atoms with Crippen molar-refractivity contribution < 1.29 is 9.53 Å². The van der Waals surface area contributed by atoms with Crippen molar-refractivity contribution in [3.8, 4) is 11.1 Å². The van der Waals surface area contributed by atoms with Gasteiger partial charge in [0.2, 0.25) is 0 Å². The normalized spacial score (nSPS) is 10.7. The van der Waals surface area contributed by atoms with Crippen LogP contribution in [0, 0.1) is 0 Å². The number of ether oxygens (including phenoxy) is 1. The first-order valence-corrected chi connectivity index (χ1v) is 8.09. The summed E-state index contributed by atoms with van der Waals surface area (Å²) in [6, 6.07) is 17.4. The third kappa shape index (κ3) is 3.14. The monoisotopic (exact) mass is 325 g/mol. The zero-order chi connectivity index (χ0) is 16.2. The highest BCUT2D eigenvalue weighted by molar-refractivity contribution is 8.00.